The maximum atomic E-state index is 12.5. The van der Waals surface area contributed by atoms with Crippen LogP contribution in [0.5, 0.6) is 0 Å². The molecule has 0 spiro atoms. The summed E-state index contributed by atoms with van der Waals surface area (Å²) in [6.45, 7) is 9.64. The Morgan fingerprint density at radius 1 is 1.19 bits per heavy atom. The Bertz CT molecular complexity index is 575. The van der Waals surface area contributed by atoms with Crippen LogP contribution >= 0.6 is 0 Å². The van der Waals surface area contributed by atoms with E-state index in [9.17, 15) is 9.90 Å². The van der Waals surface area contributed by atoms with E-state index in [0.29, 0.717) is 11.3 Å². The zero-order chi connectivity index (χ0) is 19.3. The number of aliphatic hydroxyl groups is 1. The summed E-state index contributed by atoms with van der Waals surface area (Å²) in [6.07, 6.45) is 11.8. The molecule has 0 heterocycles. The van der Waals surface area contributed by atoms with Crippen LogP contribution < -0.4 is 0 Å². The number of fused-ring (bicyclic) bond motifs is 1. The minimum absolute atomic E-state index is 0.0543. The SMILES string of the molecule is CC1CCCC2(C)C1CCC2C(C)(C)/C=C/C(O)C1(C(=O)N(C)C)CC1. The topological polar surface area (TPSA) is 40.5 Å². The van der Waals surface area contributed by atoms with Gasteiger partial charge in [-0.15, -0.1) is 0 Å². The predicted molar refractivity (Wildman–Crippen MR) is 107 cm³/mol. The second kappa shape index (κ2) is 6.65. The van der Waals surface area contributed by atoms with Gasteiger partial charge in [-0.25, -0.2) is 0 Å². The number of aliphatic hydroxyl groups excluding tert-OH is 1. The van der Waals surface area contributed by atoms with Gasteiger partial charge >= 0.3 is 0 Å². The van der Waals surface area contributed by atoms with E-state index in [0.717, 1.165) is 24.7 Å². The smallest absolute Gasteiger partial charge is 0.231 e. The van der Waals surface area contributed by atoms with Crippen molar-refractivity contribution in [2.75, 3.05) is 14.1 Å². The number of amides is 1. The van der Waals surface area contributed by atoms with Crippen LogP contribution in [0.3, 0.4) is 0 Å². The molecule has 0 saturated heterocycles. The van der Waals surface area contributed by atoms with Crippen LogP contribution in [0, 0.1) is 34.0 Å². The molecule has 3 saturated carbocycles. The van der Waals surface area contributed by atoms with E-state index in [-0.39, 0.29) is 11.3 Å². The molecule has 3 rings (SSSR count). The van der Waals surface area contributed by atoms with Crippen LogP contribution in [-0.2, 0) is 4.79 Å². The Morgan fingerprint density at radius 3 is 2.42 bits per heavy atom. The molecule has 1 amide bonds. The fraction of sp³-hybridized carbons (Fsp3) is 0.870. The molecule has 148 valence electrons. The molecule has 0 aromatic carbocycles. The van der Waals surface area contributed by atoms with Crippen molar-refractivity contribution < 1.29 is 9.90 Å². The number of allylic oxidation sites excluding steroid dienone is 1. The molecule has 3 aliphatic rings. The van der Waals surface area contributed by atoms with Crippen molar-refractivity contribution in [1.29, 1.82) is 0 Å². The van der Waals surface area contributed by atoms with Crippen molar-refractivity contribution in [3.8, 4) is 0 Å². The molecule has 0 aliphatic heterocycles. The lowest BCUT2D eigenvalue weighted by Gasteiger charge is -2.48. The van der Waals surface area contributed by atoms with Crippen LogP contribution in [0.25, 0.3) is 0 Å². The molecular weight excluding hydrogens is 322 g/mol. The first kappa shape index (κ1) is 19.9. The summed E-state index contributed by atoms with van der Waals surface area (Å²) in [5.41, 5.74) is -0.0798. The third kappa shape index (κ3) is 3.15. The lowest BCUT2D eigenvalue weighted by Crippen LogP contribution is -2.41. The Morgan fingerprint density at radius 2 is 1.85 bits per heavy atom. The van der Waals surface area contributed by atoms with Gasteiger partial charge in [0.05, 0.1) is 11.5 Å². The summed E-state index contributed by atoms with van der Waals surface area (Å²) < 4.78 is 0. The van der Waals surface area contributed by atoms with Gasteiger partial charge in [-0.05, 0) is 60.7 Å². The zero-order valence-electron chi connectivity index (χ0n) is 17.7. The van der Waals surface area contributed by atoms with Crippen LogP contribution in [0.15, 0.2) is 12.2 Å². The number of carbonyl (C=O) groups excluding carboxylic acids is 1. The highest BCUT2D eigenvalue weighted by atomic mass is 16.3. The van der Waals surface area contributed by atoms with Crippen molar-refractivity contribution in [1.82, 2.24) is 4.90 Å². The molecule has 0 radical (unpaired) electrons. The number of hydrogen-bond donors (Lipinski definition) is 1. The molecule has 5 atom stereocenters. The molecule has 1 N–H and O–H groups in total. The van der Waals surface area contributed by atoms with E-state index in [4.69, 9.17) is 0 Å². The van der Waals surface area contributed by atoms with Crippen molar-refractivity contribution in [3.05, 3.63) is 12.2 Å². The lowest BCUT2D eigenvalue weighted by molar-refractivity contribution is -0.137. The van der Waals surface area contributed by atoms with Gasteiger partial charge < -0.3 is 10.0 Å². The van der Waals surface area contributed by atoms with Gasteiger partial charge in [-0.3, -0.25) is 4.79 Å². The van der Waals surface area contributed by atoms with Gasteiger partial charge in [0, 0.05) is 14.1 Å². The maximum Gasteiger partial charge on any atom is 0.231 e. The molecule has 0 aromatic heterocycles. The highest BCUT2D eigenvalue weighted by Crippen LogP contribution is 2.62. The van der Waals surface area contributed by atoms with E-state index in [2.05, 4.69) is 33.8 Å². The lowest BCUT2D eigenvalue weighted by atomic mass is 9.56. The second-order valence-corrected chi connectivity index (χ2v) is 10.6. The minimum atomic E-state index is -0.660. The molecular formula is C23H39NO2. The van der Waals surface area contributed by atoms with Crippen molar-refractivity contribution in [3.63, 3.8) is 0 Å². The molecule has 3 aliphatic carbocycles. The minimum Gasteiger partial charge on any atom is -0.388 e. The fourth-order valence-electron chi connectivity index (χ4n) is 6.64. The predicted octanol–water partition coefficient (Wildman–Crippen LogP) is 4.65. The summed E-state index contributed by atoms with van der Waals surface area (Å²) in [6, 6.07) is 0. The molecule has 0 bridgehead atoms. The Balaban J connectivity index is 1.75. The molecule has 3 heteroatoms. The fourth-order valence-corrected chi connectivity index (χ4v) is 6.64. The highest BCUT2D eigenvalue weighted by molar-refractivity contribution is 5.86. The summed E-state index contributed by atoms with van der Waals surface area (Å²) in [4.78, 5) is 14.1. The number of hydrogen-bond acceptors (Lipinski definition) is 2. The van der Waals surface area contributed by atoms with E-state index in [1.807, 2.05) is 6.08 Å². The average Bonchev–Trinajstić information content (AvgIpc) is 3.28. The Hall–Kier alpha value is -0.830. The van der Waals surface area contributed by atoms with Crippen LogP contribution in [0.4, 0.5) is 0 Å². The maximum absolute atomic E-state index is 12.5. The molecule has 26 heavy (non-hydrogen) atoms. The normalized spacial score (nSPS) is 37.4. The zero-order valence-corrected chi connectivity index (χ0v) is 17.7. The quantitative estimate of drug-likeness (QED) is 0.724. The summed E-state index contributed by atoms with van der Waals surface area (Å²) >= 11 is 0. The van der Waals surface area contributed by atoms with Gasteiger partial charge in [0.15, 0.2) is 0 Å². The van der Waals surface area contributed by atoms with Crippen LogP contribution in [0.2, 0.25) is 0 Å². The monoisotopic (exact) mass is 361 g/mol. The number of carbonyl (C=O) groups is 1. The first-order valence-corrected chi connectivity index (χ1v) is 10.6. The van der Waals surface area contributed by atoms with E-state index < -0.39 is 11.5 Å². The van der Waals surface area contributed by atoms with Crippen LogP contribution in [-0.4, -0.2) is 36.1 Å². The molecule has 5 unspecified atom stereocenters. The third-order valence-corrected chi connectivity index (χ3v) is 8.26. The average molecular weight is 362 g/mol. The summed E-state index contributed by atoms with van der Waals surface area (Å²) in [5.74, 6) is 2.42. The first-order chi connectivity index (χ1) is 12.0. The number of rotatable bonds is 5. The van der Waals surface area contributed by atoms with Gasteiger partial charge in [-0.1, -0.05) is 52.7 Å². The van der Waals surface area contributed by atoms with Gasteiger partial charge in [0.2, 0.25) is 5.91 Å². The molecule has 3 fully saturated rings. The van der Waals surface area contributed by atoms with E-state index in [1.54, 1.807) is 19.0 Å². The first-order valence-electron chi connectivity index (χ1n) is 10.6. The number of nitrogens with zero attached hydrogens (tertiary/aromatic N) is 1. The van der Waals surface area contributed by atoms with Gasteiger partial charge in [0.25, 0.3) is 0 Å². The standard InChI is InChI=1S/C23H39NO2/c1-16-8-7-12-22(4)17(16)9-10-18(22)21(2,3)13-11-19(25)23(14-15-23)20(26)24(5)6/h11,13,16-19,25H,7-10,12,14-15H2,1-6H3/b13-11+. The summed E-state index contributed by atoms with van der Waals surface area (Å²) in [5, 5.41) is 10.8. The largest absolute Gasteiger partial charge is 0.388 e. The molecule has 3 nitrogen and oxygen atoms in total. The Kier molecular flexibility index (Phi) is 5.10. The van der Waals surface area contributed by atoms with Crippen molar-refractivity contribution in [2.45, 2.75) is 78.7 Å². The second-order valence-electron chi connectivity index (χ2n) is 10.6. The van der Waals surface area contributed by atoms with E-state index in [1.165, 1.54) is 32.1 Å². The van der Waals surface area contributed by atoms with Gasteiger partial charge in [-0.2, -0.15) is 0 Å². The van der Waals surface area contributed by atoms with E-state index >= 15 is 0 Å². The summed E-state index contributed by atoms with van der Waals surface area (Å²) in [7, 11) is 3.57. The van der Waals surface area contributed by atoms with Crippen LogP contribution in [0.1, 0.15) is 72.6 Å². The Labute approximate surface area is 160 Å². The third-order valence-electron chi connectivity index (χ3n) is 8.26. The highest BCUT2D eigenvalue weighted by Gasteiger charge is 2.56. The van der Waals surface area contributed by atoms with Gasteiger partial charge in [0.1, 0.15) is 0 Å². The molecule has 0 aromatic rings. The van der Waals surface area contributed by atoms with Crippen molar-refractivity contribution in [2.24, 2.45) is 34.0 Å². The van der Waals surface area contributed by atoms with Crippen molar-refractivity contribution >= 4 is 5.91 Å².